The van der Waals surface area contributed by atoms with E-state index in [-0.39, 0.29) is 16.7 Å². The maximum atomic E-state index is 6.34. The van der Waals surface area contributed by atoms with Gasteiger partial charge in [-0.1, -0.05) is 32.9 Å². The molecular weight excluding hydrogens is 268 g/mol. The highest BCUT2D eigenvalue weighted by Gasteiger charge is 2.44. The van der Waals surface area contributed by atoms with E-state index in [4.69, 9.17) is 14.2 Å². The third kappa shape index (κ3) is 2.92. The van der Waals surface area contributed by atoms with E-state index in [1.54, 1.807) is 0 Å². The first-order chi connectivity index (χ1) is 9.03. The fraction of sp³-hybridized carbons (Fsp3) is 0.625. The van der Waals surface area contributed by atoms with Gasteiger partial charge in [0.2, 0.25) is 8.32 Å². The Morgan fingerprint density at radius 3 is 2.30 bits per heavy atom. The fourth-order valence-electron chi connectivity index (χ4n) is 1.93. The van der Waals surface area contributed by atoms with E-state index in [1.807, 2.05) is 26.0 Å². The Morgan fingerprint density at radius 2 is 1.85 bits per heavy atom. The van der Waals surface area contributed by atoms with Gasteiger partial charge >= 0.3 is 0 Å². The fourth-order valence-corrected chi connectivity index (χ4v) is 2.96. The van der Waals surface area contributed by atoms with Gasteiger partial charge in [-0.25, -0.2) is 9.78 Å². The topological polar surface area (TPSA) is 27.7 Å². The van der Waals surface area contributed by atoms with Crippen molar-refractivity contribution in [1.29, 1.82) is 0 Å². The Morgan fingerprint density at radius 1 is 1.20 bits per heavy atom. The van der Waals surface area contributed by atoms with E-state index < -0.39 is 8.32 Å². The minimum atomic E-state index is -1.80. The predicted molar refractivity (Wildman–Crippen MR) is 83.3 cm³/mol. The molecule has 1 unspecified atom stereocenters. The number of hydrogen-bond acceptors (Lipinski definition) is 3. The monoisotopic (exact) mass is 294 g/mol. The second-order valence-corrected chi connectivity index (χ2v) is 12.3. The summed E-state index contributed by atoms with van der Waals surface area (Å²) in [7, 11) is -1.80. The second-order valence-electron chi connectivity index (χ2n) is 7.60. The molecule has 1 heterocycles. The van der Waals surface area contributed by atoms with Crippen molar-refractivity contribution in [2.75, 3.05) is 0 Å². The van der Waals surface area contributed by atoms with E-state index in [2.05, 4.69) is 46.0 Å². The normalized spacial score (nSPS) is 22.2. The van der Waals surface area contributed by atoms with Gasteiger partial charge in [0.15, 0.2) is 0 Å². The van der Waals surface area contributed by atoms with Crippen LogP contribution in [0.4, 0.5) is 0 Å². The molecule has 1 atom stereocenters. The second kappa shape index (κ2) is 4.86. The molecular formula is C16H26O3Si. The quantitative estimate of drug-likeness (QED) is 0.589. The lowest BCUT2D eigenvalue weighted by atomic mass is 9.93. The van der Waals surface area contributed by atoms with E-state index >= 15 is 0 Å². The summed E-state index contributed by atoms with van der Waals surface area (Å²) in [5.74, 6) is 0.931. The van der Waals surface area contributed by atoms with Gasteiger partial charge in [-0.2, -0.15) is 0 Å². The van der Waals surface area contributed by atoms with Crippen LogP contribution >= 0.6 is 0 Å². The van der Waals surface area contributed by atoms with Crippen LogP contribution in [-0.2, 0) is 9.78 Å². The Kier molecular flexibility index (Phi) is 3.78. The molecule has 4 heteroatoms. The van der Waals surface area contributed by atoms with Gasteiger partial charge in [0, 0.05) is 0 Å². The van der Waals surface area contributed by atoms with Gasteiger partial charge in [0.1, 0.15) is 17.5 Å². The highest BCUT2D eigenvalue weighted by Crippen LogP contribution is 2.43. The van der Waals surface area contributed by atoms with Crippen molar-refractivity contribution >= 4 is 8.32 Å². The van der Waals surface area contributed by atoms with Crippen LogP contribution in [0, 0.1) is 0 Å². The average molecular weight is 294 g/mol. The molecule has 0 N–H and O–H groups in total. The van der Waals surface area contributed by atoms with E-state index in [0.717, 1.165) is 11.3 Å². The maximum Gasteiger partial charge on any atom is 0.250 e. The smallest absolute Gasteiger partial charge is 0.250 e. The van der Waals surface area contributed by atoms with Crippen LogP contribution in [-0.4, -0.2) is 13.9 Å². The molecule has 1 aromatic carbocycles. The van der Waals surface area contributed by atoms with Crippen molar-refractivity contribution in [1.82, 2.24) is 0 Å². The first-order valence-electron chi connectivity index (χ1n) is 7.16. The summed E-state index contributed by atoms with van der Waals surface area (Å²) in [4.78, 5) is 10.4. The Labute approximate surface area is 123 Å². The first-order valence-corrected chi connectivity index (χ1v) is 10.1. The van der Waals surface area contributed by atoms with Crippen molar-refractivity contribution in [3.8, 4) is 5.75 Å². The molecule has 0 aliphatic carbocycles. The third-order valence-corrected chi connectivity index (χ3v) is 8.69. The maximum absolute atomic E-state index is 6.34. The largest absolute Gasteiger partial charge is 0.543 e. The summed E-state index contributed by atoms with van der Waals surface area (Å²) >= 11 is 0. The molecule has 0 bridgehead atoms. The zero-order valence-electron chi connectivity index (χ0n) is 13.6. The zero-order chi connectivity index (χ0) is 15.2. The van der Waals surface area contributed by atoms with Gasteiger partial charge in [0.25, 0.3) is 0 Å². The standard InChI is InChI=1S/C16H26O3Si/c1-15(2,3)20(6,7)18-13-10-8-9-12(11-13)14-16(4,5)19-17-14/h8-11,14H,1-7H3. The van der Waals surface area contributed by atoms with E-state index in [9.17, 15) is 0 Å². The van der Waals surface area contributed by atoms with Crippen molar-refractivity contribution in [2.24, 2.45) is 0 Å². The molecule has 0 saturated carbocycles. The summed E-state index contributed by atoms with van der Waals surface area (Å²) < 4.78 is 6.34. The Bertz CT molecular complexity index is 489. The first kappa shape index (κ1) is 15.5. The van der Waals surface area contributed by atoms with Crippen molar-refractivity contribution in [3.05, 3.63) is 29.8 Å². The summed E-state index contributed by atoms with van der Waals surface area (Å²) in [6, 6.07) is 8.19. The van der Waals surface area contributed by atoms with Crippen LogP contribution in [0.5, 0.6) is 5.75 Å². The highest BCUT2D eigenvalue weighted by atomic mass is 28.4. The molecule has 1 aromatic rings. The van der Waals surface area contributed by atoms with Crippen molar-refractivity contribution in [3.63, 3.8) is 0 Å². The number of rotatable bonds is 3. The van der Waals surface area contributed by atoms with Crippen LogP contribution in [0.2, 0.25) is 18.1 Å². The van der Waals surface area contributed by atoms with Gasteiger partial charge in [-0.15, -0.1) is 0 Å². The lowest BCUT2D eigenvalue weighted by molar-refractivity contribution is -0.506. The molecule has 0 amide bonds. The summed E-state index contributed by atoms with van der Waals surface area (Å²) in [6.45, 7) is 15.3. The van der Waals surface area contributed by atoms with E-state index in [0.29, 0.717) is 0 Å². The van der Waals surface area contributed by atoms with Crippen LogP contribution in [0.25, 0.3) is 0 Å². The zero-order valence-corrected chi connectivity index (χ0v) is 14.6. The predicted octanol–water partition coefficient (Wildman–Crippen LogP) is 4.85. The van der Waals surface area contributed by atoms with Crippen molar-refractivity contribution < 1.29 is 14.2 Å². The minimum Gasteiger partial charge on any atom is -0.543 e. The molecule has 0 radical (unpaired) electrons. The lowest BCUT2D eigenvalue weighted by Crippen LogP contribution is -2.45. The molecule has 2 rings (SSSR count). The number of benzene rings is 1. The summed E-state index contributed by atoms with van der Waals surface area (Å²) in [5.41, 5.74) is 0.841. The Balaban J connectivity index is 2.19. The number of hydrogen-bond donors (Lipinski definition) is 0. The summed E-state index contributed by atoms with van der Waals surface area (Å²) in [6.07, 6.45) is -0.0227. The lowest BCUT2D eigenvalue weighted by Gasteiger charge is -2.42. The third-order valence-electron chi connectivity index (χ3n) is 4.33. The van der Waals surface area contributed by atoms with Crippen LogP contribution in [0.15, 0.2) is 24.3 Å². The molecule has 1 fully saturated rings. The molecule has 3 nitrogen and oxygen atoms in total. The van der Waals surface area contributed by atoms with Crippen LogP contribution < -0.4 is 4.43 Å². The SMILES string of the molecule is CC1(C)OOC1c1cccc(O[Si](C)(C)C(C)(C)C)c1. The van der Waals surface area contributed by atoms with Crippen molar-refractivity contribution in [2.45, 2.75) is 64.5 Å². The molecule has 1 aliphatic heterocycles. The minimum absolute atomic E-state index is 0.0227. The molecule has 1 saturated heterocycles. The summed E-state index contributed by atoms with van der Waals surface area (Å²) in [5, 5.41) is 0.193. The molecule has 1 aliphatic rings. The van der Waals surface area contributed by atoms with Crippen LogP contribution in [0.3, 0.4) is 0 Å². The van der Waals surface area contributed by atoms with Crippen LogP contribution in [0.1, 0.15) is 46.3 Å². The molecule has 20 heavy (non-hydrogen) atoms. The molecule has 0 aromatic heterocycles. The van der Waals surface area contributed by atoms with E-state index in [1.165, 1.54) is 0 Å². The average Bonchev–Trinajstić information content (AvgIpc) is 2.26. The Hall–Kier alpha value is -0.843. The van der Waals surface area contributed by atoms with Gasteiger partial charge < -0.3 is 4.43 Å². The van der Waals surface area contributed by atoms with Gasteiger partial charge in [-0.05, 0) is 49.7 Å². The molecule has 112 valence electrons. The van der Waals surface area contributed by atoms with Gasteiger partial charge in [-0.3, -0.25) is 0 Å². The van der Waals surface area contributed by atoms with Gasteiger partial charge in [0.05, 0.1) is 0 Å². The molecule has 0 spiro atoms. The highest BCUT2D eigenvalue weighted by molar-refractivity contribution is 6.74.